The largest absolute Gasteiger partial charge is 0.494 e. The van der Waals surface area contributed by atoms with Crippen LogP contribution in [-0.2, 0) is 13.1 Å². The van der Waals surface area contributed by atoms with Gasteiger partial charge in [-0.25, -0.2) is 0 Å². The van der Waals surface area contributed by atoms with Crippen molar-refractivity contribution in [1.82, 2.24) is 19.1 Å². The average molecular weight is 505 g/mol. The Morgan fingerprint density at radius 3 is 1.84 bits per heavy atom. The van der Waals surface area contributed by atoms with Gasteiger partial charge in [0.2, 0.25) is 0 Å². The summed E-state index contributed by atoms with van der Waals surface area (Å²) in [6.45, 7) is 11.3. The van der Waals surface area contributed by atoms with Crippen LogP contribution >= 0.6 is 0 Å². The summed E-state index contributed by atoms with van der Waals surface area (Å²) in [4.78, 5) is 9.26. The lowest BCUT2D eigenvalue weighted by atomic mass is 10.1. The first-order chi connectivity index (χ1) is 18.6. The Morgan fingerprint density at radius 2 is 1.24 bits per heavy atom. The predicted molar refractivity (Wildman–Crippen MR) is 158 cm³/mol. The SMILES string of the molecule is CCCCOc1ccc2c3ccnc(C)c3n(CCCCn3c4cc(C)ccc4c4ccnc(C)c43)c2c1. The van der Waals surface area contributed by atoms with Gasteiger partial charge in [0.15, 0.2) is 0 Å². The molecule has 0 spiro atoms. The highest BCUT2D eigenvalue weighted by Gasteiger charge is 2.16. The summed E-state index contributed by atoms with van der Waals surface area (Å²) in [6.07, 6.45) is 8.21. The lowest BCUT2D eigenvalue weighted by Gasteiger charge is -2.12. The van der Waals surface area contributed by atoms with Gasteiger partial charge in [0, 0.05) is 58.6 Å². The number of pyridine rings is 2. The summed E-state index contributed by atoms with van der Waals surface area (Å²) < 4.78 is 11.0. The Morgan fingerprint density at radius 1 is 0.658 bits per heavy atom. The van der Waals surface area contributed by atoms with Crippen LogP contribution in [0.2, 0.25) is 0 Å². The monoisotopic (exact) mass is 504 g/mol. The van der Waals surface area contributed by atoms with Gasteiger partial charge < -0.3 is 13.9 Å². The van der Waals surface area contributed by atoms with E-state index in [4.69, 9.17) is 4.74 Å². The van der Waals surface area contributed by atoms with Gasteiger partial charge in [-0.1, -0.05) is 25.5 Å². The van der Waals surface area contributed by atoms with Crippen LogP contribution in [0.1, 0.15) is 49.6 Å². The number of fused-ring (bicyclic) bond motifs is 6. The van der Waals surface area contributed by atoms with Crippen molar-refractivity contribution in [3.63, 3.8) is 0 Å². The van der Waals surface area contributed by atoms with E-state index in [1.165, 1.54) is 49.2 Å². The number of aromatic nitrogens is 4. The zero-order valence-corrected chi connectivity index (χ0v) is 22.9. The van der Waals surface area contributed by atoms with Gasteiger partial charge in [-0.3, -0.25) is 9.97 Å². The maximum atomic E-state index is 6.07. The number of aryl methyl sites for hydroxylation is 5. The van der Waals surface area contributed by atoms with E-state index in [1.807, 2.05) is 12.4 Å². The van der Waals surface area contributed by atoms with Crippen LogP contribution in [0, 0.1) is 20.8 Å². The van der Waals surface area contributed by atoms with Gasteiger partial charge in [0.05, 0.1) is 34.5 Å². The Hall–Kier alpha value is -3.86. The van der Waals surface area contributed by atoms with E-state index in [1.54, 1.807) is 0 Å². The Kier molecular flexibility index (Phi) is 6.52. The topological polar surface area (TPSA) is 44.9 Å². The van der Waals surface area contributed by atoms with E-state index in [0.29, 0.717) is 0 Å². The van der Waals surface area contributed by atoms with Gasteiger partial charge in [0.1, 0.15) is 5.75 Å². The van der Waals surface area contributed by atoms with Crippen LogP contribution in [0.25, 0.3) is 43.6 Å². The normalized spacial score (nSPS) is 11.9. The minimum Gasteiger partial charge on any atom is -0.494 e. The number of unbranched alkanes of at least 4 members (excludes halogenated alkanes) is 2. The highest BCUT2D eigenvalue weighted by atomic mass is 16.5. The molecule has 0 saturated heterocycles. The molecule has 0 fully saturated rings. The number of ether oxygens (including phenoxy) is 1. The van der Waals surface area contributed by atoms with Crippen LogP contribution in [0.5, 0.6) is 5.75 Å². The van der Waals surface area contributed by atoms with Crippen molar-refractivity contribution in [2.45, 2.75) is 66.5 Å². The first-order valence-corrected chi connectivity index (χ1v) is 13.9. The van der Waals surface area contributed by atoms with Gasteiger partial charge in [-0.05, 0) is 75.9 Å². The second kappa shape index (κ2) is 10.1. The third kappa shape index (κ3) is 4.20. The van der Waals surface area contributed by atoms with Crippen molar-refractivity contribution < 1.29 is 4.74 Å². The van der Waals surface area contributed by atoms with Crippen LogP contribution in [-0.4, -0.2) is 25.7 Å². The van der Waals surface area contributed by atoms with Gasteiger partial charge in [0.25, 0.3) is 0 Å². The fraction of sp³-hybridized carbons (Fsp3) is 0.333. The van der Waals surface area contributed by atoms with Crippen molar-refractivity contribution >= 4 is 43.6 Å². The van der Waals surface area contributed by atoms with Crippen molar-refractivity contribution in [3.8, 4) is 5.75 Å². The molecule has 2 aromatic carbocycles. The fourth-order valence-corrected chi connectivity index (χ4v) is 5.96. The smallest absolute Gasteiger partial charge is 0.121 e. The maximum Gasteiger partial charge on any atom is 0.121 e. The summed E-state index contributed by atoms with van der Waals surface area (Å²) in [5, 5.41) is 5.16. The molecule has 194 valence electrons. The molecule has 4 aromatic heterocycles. The fourth-order valence-electron chi connectivity index (χ4n) is 5.96. The van der Waals surface area contributed by atoms with E-state index in [-0.39, 0.29) is 0 Å². The molecule has 0 unspecified atom stereocenters. The Bertz CT molecular complexity index is 1780. The molecule has 4 heterocycles. The molecule has 0 aliphatic carbocycles. The molecular weight excluding hydrogens is 468 g/mol. The number of nitrogens with zero attached hydrogens (tertiary/aromatic N) is 4. The number of rotatable bonds is 9. The molecule has 6 aromatic rings. The van der Waals surface area contributed by atoms with E-state index in [0.717, 1.165) is 62.5 Å². The molecular formula is C33H36N4O. The van der Waals surface area contributed by atoms with Gasteiger partial charge in [-0.15, -0.1) is 0 Å². The van der Waals surface area contributed by atoms with E-state index in [2.05, 4.69) is 95.3 Å². The molecule has 0 atom stereocenters. The highest BCUT2D eigenvalue weighted by Crippen LogP contribution is 2.34. The lowest BCUT2D eigenvalue weighted by molar-refractivity contribution is 0.309. The quantitative estimate of drug-likeness (QED) is 0.186. The van der Waals surface area contributed by atoms with Crippen molar-refractivity contribution in [3.05, 3.63) is 77.9 Å². The van der Waals surface area contributed by atoms with E-state index >= 15 is 0 Å². The summed E-state index contributed by atoms with van der Waals surface area (Å²) in [7, 11) is 0. The zero-order chi connectivity index (χ0) is 26.2. The van der Waals surface area contributed by atoms with Gasteiger partial charge in [-0.2, -0.15) is 0 Å². The minimum atomic E-state index is 0.759. The zero-order valence-electron chi connectivity index (χ0n) is 22.9. The second-order valence-corrected chi connectivity index (χ2v) is 10.5. The van der Waals surface area contributed by atoms with Gasteiger partial charge >= 0.3 is 0 Å². The molecule has 5 nitrogen and oxygen atoms in total. The first-order valence-electron chi connectivity index (χ1n) is 13.9. The summed E-state index contributed by atoms with van der Waals surface area (Å²) in [5.41, 5.74) is 8.50. The molecule has 38 heavy (non-hydrogen) atoms. The predicted octanol–water partition coefficient (Wildman–Crippen LogP) is 8.28. The molecule has 6 rings (SSSR count). The number of benzene rings is 2. The van der Waals surface area contributed by atoms with Crippen molar-refractivity contribution in [1.29, 1.82) is 0 Å². The van der Waals surface area contributed by atoms with E-state index < -0.39 is 0 Å². The number of hydrogen-bond acceptors (Lipinski definition) is 3. The maximum absolute atomic E-state index is 6.07. The molecule has 5 heteroatoms. The average Bonchev–Trinajstić information content (AvgIpc) is 3.40. The molecule has 0 aliphatic rings. The van der Waals surface area contributed by atoms with Crippen LogP contribution in [0.3, 0.4) is 0 Å². The van der Waals surface area contributed by atoms with Crippen molar-refractivity contribution in [2.75, 3.05) is 6.61 Å². The van der Waals surface area contributed by atoms with Crippen LogP contribution in [0.15, 0.2) is 60.9 Å². The minimum absolute atomic E-state index is 0.759. The second-order valence-electron chi connectivity index (χ2n) is 10.5. The standard InChI is InChI=1S/C33H36N4O/c1-5-6-19-38-25-10-12-27-29-14-16-35-24(4)33(29)37(31(27)21-25)18-8-7-17-36-30-20-22(2)9-11-26(30)28-13-15-34-23(3)32(28)36/h9-16,20-21H,5-8,17-19H2,1-4H3. The molecule has 0 amide bonds. The Balaban J connectivity index is 1.31. The molecule has 0 bridgehead atoms. The third-order valence-corrected chi connectivity index (χ3v) is 7.82. The van der Waals surface area contributed by atoms with Crippen molar-refractivity contribution in [2.24, 2.45) is 0 Å². The third-order valence-electron chi connectivity index (χ3n) is 7.82. The Labute approximate surface area is 224 Å². The summed E-state index contributed by atoms with van der Waals surface area (Å²) in [6, 6.07) is 17.6. The lowest BCUT2D eigenvalue weighted by Crippen LogP contribution is -2.04. The summed E-state index contributed by atoms with van der Waals surface area (Å²) in [5.74, 6) is 0.948. The van der Waals surface area contributed by atoms with Crippen LogP contribution < -0.4 is 4.74 Å². The van der Waals surface area contributed by atoms with Crippen LogP contribution in [0.4, 0.5) is 0 Å². The molecule has 0 aliphatic heterocycles. The molecule has 0 saturated carbocycles. The number of hydrogen-bond donors (Lipinski definition) is 0. The highest BCUT2D eigenvalue weighted by molar-refractivity contribution is 6.09. The first kappa shape index (κ1) is 24.5. The molecule has 0 N–H and O–H groups in total. The molecule has 0 radical (unpaired) electrons. The summed E-state index contributed by atoms with van der Waals surface area (Å²) >= 11 is 0. The van der Waals surface area contributed by atoms with E-state index in [9.17, 15) is 0 Å².